The highest BCUT2D eigenvalue weighted by Gasteiger charge is 2.33. The van der Waals surface area contributed by atoms with Crippen molar-refractivity contribution in [1.82, 2.24) is 0 Å². The lowest BCUT2D eigenvalue weighted by Crippen LogP contribution is -2.16. The molecule has 2 nitrogen and oxygen atoms in total. The van der Waals surface area contributed by atoms with Gasteiger partial charge in [-0.05, 0) is 17.7 Å². The molecule has 0 aliphatic rings. The maximum Gasteiger partial charge on any atom is 0.417 e. The zero-order chi connectivity index (χ0) is 11.6. The van der Waals surface area contributed by atoms with Gasteiger partial charge in [0.05, 0.1) is 23.2 Å². The Balaban J connectivity index is 0.00000225. The summed E-state index contributed by atoms with van der Waals surface area (Å²) in [5.41, 5.74) is 4.66. The van der Waals surface area contributed by atoms with Gasteiger partial charge in [0.1, 0.15) is 0 Å². The first-order valence-corrected chi connectivity index (χ1v) is 4.47. The normalized spacial score (nSPS) is 13.1. The minimum Gasteiger partial charge on any atom is -0.394 e. The zero-order valence-corrected chi connectivity index (χ0v) is 9.53. The molecule has 7 heteroatoms. The van der Waals surface area contributed by atoms with Gasteiger partial charge in [-0.3, -0.25) is 0 Å². The SMILES string of the molecule is Cl.NC(CO)c1ccc(Cl)c(C(F)(F)F)c1. The van der Waals surface area contributed by atoms with Crippen molar-refractivity contribution in [3.63, 3.8) is 0 Å². The second-order valence-corrected chi connectivity index (χ2v) is 3.43. The fourth-order valence-electron chi connectivity index (χ4n) is 1.10. The van der Waals surface area contributed by atoms with Gasteiger partial charge in [0, 0.05) is 0 Å². The summed E-state index contributed by atoms with van der Waals surface area (Å²) in [7, 11) is 0. The van der Waals surface area contributed by atoms with Gasteiger partial charge in [0.25, 0.3) is 0 Å². The first kappa shape index (κ1) is 15.5. The van der Waals surface area contributed by atoms with E-state index in [9.17, 15) is 13.2 Å². The van der Waals surface area contributed by atoms with Gasteiger partial charge in [-0.2, -0.15) is 13.2 Å². The van der Waals surface area contributed by atoms with Crippen LogP contribution in [0.5, 0.6) is 0 Å². The molecule has 92 valence electrons. The van der Waals surface area contributed by atoms with Crippen LogP contribution >= 0.6 is 24.0 Å². The Morgan fingerprint density at radius 1 is 1.38 bits per heavy atom. The molecule has 0 radical (unpaired) electrons. The number of nitrogens with two attached hydrogens (primary N) is 1. The van der Waals surface area contributed by atoms with Gasteiger partial charge in [-0.25, -0.2) is 0 Å². The molecule has 0 heterocycles. The molecule has 1 rings (SSSR count). The summed E-state index contributed by atoms with van der Waals surface area (Å²) in [6, 6.07) is 2.50. The van der Waals surface area contributed by atoms with Gasteiger partial charge in [0.15, 0.2) is 0 Å². The third kappa shape index (κ3) is 3.52. The molecule has 0 saturated heterocycles. The van der Waals surface area contributed by atoms with Crippen molar-refractivity contribution in [2.24, 2.45) is 5.73 Å². The second-order valence-electron chi connectivity index (χ2n) is 3.03. The van der Waals surface area contributed by atoms with Crippen molar-refractivity contribution >= 4 is 24.0 Å². The summed E-state index contributed by atoms with van der Waals surface area (Å²) >= 11 is 5.41. The minimum atomic E-state index is -4.51. The number of aliphatic hydroxyl groups excluding tert-OH is 1. The standard InChI is InChI=1S/C9H9ClF3NO.ClH/c10-7-2-1-5(8(14)4-15)3-6(7)9(11,12)13;/h1-3,8,15H,4,14H2;1H. The Hall–Kier alpha value is -0.490. The Kier molecular flexibility index (Phi) is 5.55. The molecule has 0 aromatic heterocycles. The quantitative estimate of drug-likeness (QED) is 0.872. The summed E-state index contributed by atoms with van der Waals surface area (Å²) in [6.45, 7) is -0.418. The van der Waals surface area contributed by atoms with E-state index < -0.39 is 24.4 Å². The van der Waals surface area contributed by atoms with E-state index in [1.54, 1.807) is 0 Å². The van der Waals surface area contributed by atoms with E-state index in [-0.39, 0.29) is 23.0 Å². The maximum absolute atomic E-state index is 12.4. The summed E-state index contributed by atoms with van der Waals surface area (Å²) in [4.78, 5) is 0. The predicted octanol–water partition coefficient (Wildman–Crippen LogP) is 2.77. The molecule has 0 spiro atoms. The lowest BCUT2D eigenvalue weighted by molar-refractivity contribution is -0.137. The third-order valence-corrected chi connectivity index (χ3v) is 2.25. The van der Waals surface area contributed by atoms with Crippen molar-refractivity contribution in [1.29, 1.82) is 0 Å². The summed E-state index contributed by atoms with van der Waals surface area (Å²) in [5.74, 6) is 0. The molecule has 1 atom stereocenters. The summed E-state index contributed by atoms with van der Waals surface area (Å²) < 4.78 is 37.2. The molecule has 0 aliphatic heterocycles. The van der Waals surface area contributed by atoms with E-state index in [1.807, 2.05) is 0 Å². The van der Waals surface area contributed by atoms with E-state index in [1.165, 1.54) is 6.07 Å². The van der Waals surface area contributed by atoms with Crippen LogP contribution in [0.1, 0.15) is 17.2 Å². The van der Waals surface area contributed by atoms with E-state index >= 15 is 0 Å². The van der Waals surface area contributed by atoms with Gasteiger partial charge in [0.2, 0.25) is 0 Å². The minimum absolute atomic E-state index is 0. The average Bonchev–Trinajstić information content (AvgIpc) is 2.15. The molecule has 0 bridgehead atoms. The van der Waals surface area contributed by atoms with Crippen LogP contribution in [0.2, 0.25) is 5.02 Å². The van der Waals surface area contributed by atoms with E-state index in [0.29, 0.717) is 0 Å². The highest BCUT2D eigenvalue weighted by Crippen LogP contribution is 2.35. The van der Waals surface area contributed by atoms with E-state index in [2.05, 4.69) is 0 Å². The molecule has 0 fully saturated rings. The molecule has 16 heavy (non-hydrogen) atoms. The van der Waals surface area contributed by atoms with Crippen molar-refractivity contribution in [2.75, 3.05) is 6.61 Å². The molecule has 1 aromatic rings. The molecular formula is C9H10Cl2F3NO. The Morgan fingerprint density at radius 3 is 2.38 bits per heavy atom. The van der Waals surface area contributed by atoms with Crippen LogP contribution in [-0.4, -0.2) is 11.7 Å². The smallest absolute Gasteiger partial charge is 0.394 e. The van der Waals surface area contributed by atoms with Crippen molar-refractivity contribution in [3.05, 3.63) is 34.3 Å². The highest BCUT2D eigenvalue weighted by atomic mass is 35.5. The topological polar surface area (TPSA) is 46.2 Å². The highest BCUT2D eigenvalue weighted by molar-refractivity contribution is 6.31. The van der Waals surface area contributed by atoms with Gasteiger partial charge in [-0.15, -0.1) is 12.4 Å². The van der Waals surface area contributed by atoms with Crippen LogP contribution in [0, 0.1) is 0 Å². The van der Waals surface area contributed by atoms with Crippen LogP contribution in [0.15, 0.2) is 18.2 Å². The Labute approximate surface area is 102 Å². The van der Waals surface area contributed by atoms with E-state index in [4.69, 9.17) is 22.4 Å². The zero-order valence-electron chi connectivity index (χ0n) is 7.96. The number of benzene rings is 1. The average molecular weight is 276 g/mol. The van der Waals surface area contributed by atoms with Crippen molar-refractivity contribution < 1.29 is 18.3 Å². The van der Waals surface area contributed by atoms with Crippen LogP contribution < -0.4 is 5.73 Å². The lowest BCUT2D eigenvalue weighted by Gasteiger charge is -2.13. The largest absolute Gasteiger partial charge is 0.417 e. The van der Waals surface area contributed by atoms with E-state index in [0.717, 1.165) is 12.1 Å². The van der Waals surface area contributed by atoms with Crippen LogP contribution in [-0.2, 0) is 6.18 Å². The third-order valence-electron chi connectivity index (χ3n) is 1.92. The van der Waals surface area contributed by atoms with Gasteiger partial charge < -0.3 is 10.8 Å². The molecule has 0 saturated carbocycles. The molecule has 0 aliphatic carbocycles. The van der Waals surface area contributed by atoms with Crippen LogP contribution in [0.4, 0.5) is 13.2 Å². The number of hydrogen-bond donors (Lipinski definition) is 2. The Morgan fingerprint density at radius 2 is 1.94 bits per heavy atom. The number of aliphatic hydroxyl groups is 1. The lowest BCUT2D eigenvalue weighted by atomic mass is 10.0. The molecular weight excluding hydrogens is 266 g/mol. The first-order chi connectivity index (χ1) is 6.86. The number of halogens is 5. The second kappa shape index (κ2) is 5.72. The van der Waals surface area contributed by atoms with Crippen molar-refractivity contribution in [2.45, 2.75) is 12.2 Å². The fourth-order valence-corrected chi connectivity index (χ4v) is 1.32. The fraction of sp³-hybridized carbons (Fsp3) is 0.333. The number of alkyl halides is 3. The summed E-state index contributed by atoms with van der Waals surface area (Å²) in [6.07, 6.45) is -4.51. The van der Waals surface area contributed by atoms with Gasteiger partial charge in [-0.1, -0.05) is 17.7 Å². The molecule has 1 aromatic carbocycles. The molecule has 3 N–H and O–H groups in total. The molecule has 1 unspecified atom stereocenters. The number of rotatable bonds is 2. The van der Waals surface area contributed by atoms with Crippen LogP contribution in [0.25, 0.3) is 0 Å². The predicted molar refractivity (Wildman–Crippen MR) is 57.7 cm³/mol. The first-order valence-electron chi connectivity index (χ1n) is 4.09. The van der Waals surface area contributed by atoms with Gasteiger partial charge >= 0.3 is 6.18 Å². The van der Waals surface area contributed by atoms with Crippen LogP contribution in [0.3, 0.4) is 0 Å². The Bertz CT molecular complexity index is 357. The maximum atomic E-state index is 12.4. The summed E-state index contributed by atoms with van der Waals surface area (Å²) in [5, 5.41) is 8.33. The monoisotopic (exact) mass is 275 g/mol. The van der Waals surface area contributed by atoms with Crippen molar-refractivity contribution in [3.8, 4) is 0 Å². The molecule has 0 amide bonds. The number of hydrogen-bond acceptors (Lipinski definition) is 2.